The van der Waals surface area contributed by atoms with Crippen LogP contribution in [0.1, 0.15) is 53.9 Å². The van der Waals surface area contributed by atoms with Gasteiger partial charge in [0.05, 0.1) is 6.04 Å². The molecule has 2 N–H and O–H groups in total. The van der Waals surface area contributed by atoms with Crippen LogP contribution in [0.25, 0.3) is 0 Å². The van der Waals surface area contributed by atoms with Crippen molar-refractivity contribution in [2.45, 2.75) is 65.5 Å². The molecule has 1 atom stereocenters. The van der Waals surface area contributed by atoms with Crippen molar-refractivity contribution in [2.75, 3.05) is 39.4 Å². The SMILES string of the molecule is CCNC(=NCCCCOCC)N1CCC(NC(=O)OC(C)(C)C)C1. The second kappa shape index (κ2) is 11.2. The minimum atomic E-state index is -0.472. The van der Waals surface area contributed by atoms with Gasteiger partial charge in [0.15, 0.2) is 5.96 Å². The molecule has 7 nitrogen and oxygen atoms in total. The molecule has 0 bridgehead atoms. The van der Waals surface area contributed by atoms with Gasteiger partial charge in [0, 0.05) is 39.4 Å². The monoisotopic (exact) mass is 356 g/mol. The summed E-state index contributed by atoms with van der Waals surface area (Å²) in [7, 11) is 0. The van der Waals surface area contributed by atoms with Crippen molar-refractivity contribution < 1.29 is 14.3 Å². The first-order valence-corrected chi connectivity index (χ1v) is 9.46. The second-order valence-corrected chi connectivity index (χ2v) is 7.22. The fraction of sp³-hybridized carbons (Fsp3) is 0.889. The highest BCUT2D eigenvalue weighted by molar-refractivity contribution is 5.80. The highest BCUT2D eigenvalue weighted by Crippen LogP contribution is 2.12. The number of alkyl carbamates (subject to hydrolysis) is 1. The molecule has 0 aromatic heterocycles. The summed E-state index contributed by atoms with van der Waals surface area (Å²) < 4.78 is 10.7. The van der Waals surface area contributed by atoms with Gasteiger partial charge in [-0.2, -0.15) is 0 Å². The number of aliphatic imine (C=N–C) groups is 1. The van der Waals surface area contributed by atoms with Crippen molar-refractivity contribution in [1.29, 1.82) is 0 Å². The molecule has 0 radical (unpaired) electrons. The molecule has 0 aromatic rings. The first kappa shape index (κ1) is 21.5. The number of carbonyl (C=O) groups is 1. The van der Waals surface area contributed by atoms with Crippen LogP contribution in [0.15, 0.2) is 4.99 Å². The van der Waals surface area contributed by atoms with Crippen LogP contribution in [0.4, 0.5) is 4.79 Å². The fourth-order valence-electron chi connectivity index (χ4n) is 2.62. The maximum Gasteiger partial charge on any atom is 0.407 e. The number of hydrogen-bond acceptors (Lipinski definition) is 4. The summed E-state index contributed by atoms with van der Waals surface area (Å²) in [5.74, 6) is 0.924. The number of likely N-dealkylation sites (tertiary alicyclic amines) is 1. The van der Waals surface area contributed by atoms with Gasteiger partial charge in [-0.05, 0) is 53.9 Å². The molecular weight excluding hydrogens is 320 g/mol. The Hall–Kier alpha value is -1.50. The summed E-state index contributed by atoms with van der Waals surface area (Å²) >= 11 is 0. The standard InChI is InChI=1S/C18H36N4O3/c1-6-19-16(20-11-8-9-13-24-7-2)22-12-10-15(14-22)21-17(23)25-18(3,4)5/h15H,6-14H2,1-5H3,(H,19,20)(H,21,23). The average molecular weight is 357 g/mol. The Balaban J connectivity index is 2.41. The third-order valence-electron chi connectivity index (χ3n) is 3.71. The first-order valence-electron chi connectivity index (χ1n) is 9.46. The molecule has 1 aliphatic heterocycles. The Morgan fingerprint density at radius 1 is 1.28 bits per heavy atom. The van der Waals surface area contributed by atoms with Gasteiger partial charge in [0.25, 0.3) is 0 Å². The minimum absolute atomic E-state index is 0.0941. The topological polar surface area (TPSA) is 75.2 Å². The van der Waals surface area contributed by atoms with E-state index in [2.05, 4.69) is 22.5 Å². The summed E-state index contributed by atoms with van der Waals surface area (Å²) in [5.41, 5.74) is -0.472. The molecule has 7 heteroatoms. The number of ether oxygens (including phenoxy) is 2. The zero-order valence-corrected chi connectivity index (χ0v) is 16.6. The molecule has 146 valence electrons. The van der Waals surface area contributed by atoms with Gasteiger partial charge in [0.1, 0.15) is 5.60 Å². The fourth-order valence-corrected chi connectivity index (χ4v) is 2.62. The van der Waals surface area contributed by atoms with Crippen molar-refractivity contribution in [3.8, 4) is 0 Å². The third-order valence-corrected chi connectivity index (χ3v) is 3.71. The average Bonchev–Trinajstić information content (AvgIpc) is 2.95. The van der Waals surface area contributed by atoms with Crippen molar-refractivity contribution >= 4 is 12.1 Å². The molecule has 0 aromatic carbocycles. The number of carbonyl (C=O) groups excluding carboxylic acids is 1. The van der Waals surface area contributed by atoms with Gasteiger partial charge in [-0.3, -0.25) is 4.99 Å². The summed E-state index contributed by atoms with van der Waals surface area (Å²) in [6.07, 6.45) is 2.59. The number of guanidine groups is 1. The molecule has 1 aliphatic rings. The number of nitrogens with zero attached hydrogens (tertiary/aromatic N) is 2. The van der Waals surface area contributed by atoms with Crippen LogP contribution in [-0.2, 0) is 9.47 Å². The number of unbranched alkanes of at least 4 members (excludes halogenated alkanes) is 1. The Morgan fingerprint density at radius 3 is 2.68 bits per heavy atom. The molecule has 0 aliphatic carbocycles. The van der Waals surface area contributed by atoms with Crippen molar-refractivity contribution in [1.82, 2.24) is 15.5 Å². The quantitative estimate of drug-likeness (QED) is 0.397. The lowest BCUT2D eigenvalue weighted by molar-refractivity contribution is 0.0507. The van der Waals surface area contributed by atoms with Crippen LogP contribution in [0.2, 0.25) is 0 Å². The summed E-state index contributed by atoms with van der Waals surface area (Å²) in [6, 6.07) is 0.0941. The molecule has 1 heterocycles. The van der Waals surface area contributed by atoms with Crippen LogP contribution < -0.4 is 10.6 Å². The van der Waals surface area contributed by atoms with Gasteiger partial charge in [-0.15, -0.1) is 0 Å². The first-order chi connectivity index (χ1) is 11.9. The van der Waals surface area contributed by atoms with E-state index in [1.54, 1.807) is 0 Å². The van der Waals surface area contributed by atoms with Gasteiger partial charge >= 0.3 is 6.09 Å². The predicted octanol–water partition coefficient (Wildman–Crippen LogP) is 2.37. The summed E-state index contributed by atoms with van der Waals surface area (Å²) in [5, 5.41) is 6.29. The van der Waals surface area contributed by atoms with Crippen LogP contribution >= 0.6 is 0 Å². The summed E-state index contributed by atoms with van der Waals surface area (Å²) in [6.45, 7) is 14.5. The molecule has 1 amide bonds. The Labute approximate surface area is 152 Å². The molecule has 0 spiro atoms. The molecule has 1 unspecified atom stereocenters. The van der Waals surface area contributed by atoms with E-state index < -0.39 is 5.60 Å². The molecule has 1 fully saturated rings. The highest BCUT2D eigenvalue weighted by atomic mass is 16.6. The van der Waals surface area contributed by atoms with Crippen LogP contribution in [-0.4, -0.2) is 68.0 Å². The maximum atomic E-state index is 11.9. The third kappa shape index (κ3) is 9.53. The van der Waals surface area contributed by atoms with Gasteiger partial charge in [-0.25, -0.2) is 4.79 Å². The molecule has 25 heavy (non-hydrogen) atoms. The number of rotatable bonds is 8. The van der Waals surface area contributed by atoms with E-state index in [-0.39, 0.29) is 12.1 Å². The highest BCUT2D eigenvalue weighted by Gasteiger charge is 2.27. The van der Waals surface area contributed by atoms with Gasteiger partial charge in [-0.1, -0.05) is 0 Å². The van der Waals surface area contributed by atoms with Gasteiger partial charge in [0.2, 0.25) is 0 Å². The van der Waals surface area contributed by atoms with Crippen molar-refractivity contribution in [3.63, 3.8) is 0 Å². The summed E-state index contributed by atoms with van der Waals surface area (Å²) in [4.78, 5) is 18.8. The molecule has 0 saturated carbocycles. The number of amides is 1. The van der Waals surface area contributed by atoms with Crippen molar-refractivity contribution in [2.24, 2.45) is 4.99 Å². The minimum Gasteiger partial charge on any atom is -0.444 e. The lowest BCUT2D eigenvalue weighted by atomic mass is 10.2. The number of hydrogen-bond donors (Lipinski definition) is 2. The van der Waals surface area contributed by atoms with Crippen LogP contribution in [0.3, 0.4) is 0 Å². The van der Waals surface area contributed by atoms with Crippen LogP contribution in [0, 0.1) is 0 Å². The Morgan fingerprint density at radius 2 is 2.04 bits per heavy atom. The molecule has 1 rings (SSSR count). The normalized spacial score (nSPS) is 18.4. The molecular formula is C18H36N4O3. The molecule has 1 saturated heterocycles. The van der Waals surface area contributed by atoms with Gasteiger partial charge < -0.3 is 25.0 Å². The maximum absolute atomic E-state index is 11.9. The predicted molar refractivity (Wildman–Crippen MR) is 101 cm³/mol. The Bertz CT molecular complexity index is 421. The van der Waals surface area contributed by atoms with Crippen LogP contribution in [0.5, 0.6) is 0 Å². The zero-order valence-electron chi connectivity index (χ0n) is 16.6. The van der Waals surface area contributed by atoms with E-state index in [0.717, 1.165) is 64.6 Å². The van der Waals surface area contributed by atoms with E-state index in [0.29, 0.717) is 0 Å². The lowest BCUT2D eigenvalue weighted by Crippen LogP contribution is -2.44. The van der Waals surface area contributed by atoms with E-state index >= 15 is 0 Å². The van der Waals surface area contributed by atoms with E-state index in [4.69, 9.17) is 14.5 Å². The largest absolute Gasteiger partial charge is 0.444 e. The zero-order chi connectivity index (χ0) is 18.7. The Kier molecular flexibility index (Phi) is 9.63. The lowest BCUT2D eigenvalue weighted by Gasteiger charge is -2.23. The van der Waals surface area contributed by atoms with E-state index in [1.807, 2.05) is 27.7 Å². The second-order valence-electron chi connectivity index (χ2n) is 7.22. The van der Waals surface area contributed by atoms with Crippen molar-refractivity contribution in [3.05, 3.63) is 0 Å². The smallest absolute Gasteiger partial charge is 0.407 e. The van der Waals surface area contributed by atoms with E-state index in [9.17, 15) is 4.79 Å². The number of nitrogens with one attached hydrogen (secondary N) is 2. The van der Waals surface area contributed by atoms with E-state index in [1.165, 1.54) is 0 Å².